The van der Waals surface area contributed by atoms with Gasteiger partial charge < -0.3 is 10.8 Å². The summed E-state index contributed by atoms with van der Waals surface area (Å²) in [5.41, 5.74) is 7.49. The van der Waals surface area contributed by atoms with Crippen molar-refractivity contribution in [3.63, 3.8) is 0 Å². The highest BCUT2D eigenvalue weighted by molar-refractivity contribution is 7.15. The summed E-state index contributed by atoms with van der Waals surface area (Å²) in [6.45, 7) is 0. The molecule has 2 rings (SSSR count). The Morgan fingerprint density at radius 1 is 1.29 bits per heavy atom. The van der Waals surface area contributed by atoms with Crippen LogP contribution < -0.4 is 5.73 Å². The normalized spacial score (nSPS) is 10.4. The van der Waals surface area contributed by atoms with Gasteiger partial charge in [-0.05, 0) is 11.1 Å². The van der Waals surface area contributed by atoms with Crippen LogP contribution >= 0.6 is 11.3 Å². The van der Waals surface area contributed by atoms with E-state index in [2.05, 4.69) is 4.98 Å². The van der Waals surface area contributed by atoms with Gasteiger partial charge in [-0.2, -0.15) is 0 Å². The summed E-state index contributed by atoms with van der Waals surface area (Å²) in [5.74, 6) is -0.812. The van der Waals surface area contributed by atoms with E-state index in [4.69, 9.17) is 10.8 Å². The van der Waals surface area contributed by atoms with Crippen molar-refractivity contribution in [3.8, 4) is 0 Å². The lowest BCUT2D eigenvalue weighted by atomic mass is 10.1. The van der Waals surface area contributed by atoms with Crippen LogP contribution in [0.15, 0.2) is 30.5 Å². The number of hydrogen-bond donors (Lipinski definition) is 2. The molecule has 1 aromatic carbocycles. The van der Waals surface area contributed by atoms with Gasteiger partial charge in [0.1, 0.15) is 0 Å². The van der Waals surface area contributed by atoms with E-state index in [0.717, 1.165) is 22.4 Å². The van der Waals surface area contributed by atoms with Crippen molar-refractivity contribution in [1.82, 2.24) is 4.98 Å². The summed E-state index contributed by atoms with van der Waals surface area (Å²) in [4.78, 5) is 15.6. The van der Waals surface area contributed by atoms with E-state index in [9.17, 15) is 4.79 Å². The van der Waals surface area contributed by atoms with E-state index in [1.54, 1.807) is 6.20 Å². The van der Waals surface area contributed by atoms with Crippen molar-refractivity contribution in [2.24, 2.45) is 0 Å². The zero-order chi connectivity index (χ0) is 12.3. The third kappa shape index (κ3) is 3.29. The van der Waals surface area contributed by atoms with E-state index in [0.29, 0.717) is 5.13 Å². The number of rotatable bonds is 4. The van der Waals surface area contributed by atoms with Crippen molar-refractivity contribution in [2.75, 3.05) is 5.73 Å². The minimum Gasteiger partial charge on any atom is -0.481 e. The Bertz CT molecular complexity index is 520. The molecule has 17 heavy (non-hydrogen) atoms. The summed E-state index contributed by atoms with van der Waals surface area (Å²) in [6.07, 6.45) is 2.61. The number of carboxylic acids is 1. The average Bonchev–Trinajstić information content (AvgIpc) is 2.66. The first kappa shape index (κ1) is 11.6. The highest BCUT2D eigenvalue weighted by atomic mass is 32.1. The van der Waals surface area contributed by atoms with Gasteiger partial charge in [0, 0.05) is 17.5 Å². The molecule has 0 aliphatic rings. The van der Waals surface area contributed by atoms with Crippen LogP contribution in [0.5, 0.6) is 0 Å². The maximum atomic E-state index is 10.5. The molecule has 0 unspecified atom stereocenters. The van der Waals surface area contributed by atoms with E-state index in [-0.39, 0.29) is 6.42 Å². The average molecular weight is 248 g/mol. The fourth-order valence-electron chi connectivity index (χ4n) is 1.56. The number of carboxylic acid groups (broad SMARTS) is 1. The van der Waals surface area contributed by atoms with Gasteiger partial charge in [-0.1, -0.05) is 24.3 Å². The fourth-order valence-corrected chi connectivity index (χ4v) is 2.27. The van der Waals surface area contributed by atoms with Gasteiger partial charge in [0.05, 0.1) is 6.42 Å². The fraction of sp³-hybridized carbons (Fsp3) is 0.167. The van der Waals surface area contributed by atoms with Crippen LogP contribution in [0.3, 0.4) is 0 Å². The molecule has 0 spiro atoms. The van der Waals surface area contributed by atoms with Gasteiger partial charge in [-0.25, -0.2) is 4.98 Å². The topological polar surface area (TPSA) is 76.2 Å². The Kier molecular flexibility index (Phi) is 3.39. The molecule has 5 heteroatoms. The predicted octanol–water partition coefficient (Wildman–Crippen LogP) is 1.94. The third-order valence-electron chi connectivity index (χ3n) is 2.33. The smallest absolute Gasteiger partial charge is 0.307 e. The molecule has 0 amide bonds. The van der Waals surface area contributed by atoms with Gasteiger partial charge in [0.15, 0.2) is 5.13 Å². The van der Waals surface area contributed by atoms with Crippen LogP contribution in [0.1, 0.15) is 16.0 Å². The van der Waals surface area contributed by atoms with Crippen LogP contribution in [0.2, 0.25) is 0 Å². The maximum Gasteiger partial charge on any atom is 0.307 e. The quantitative estimate of drug-likeness (QED) is 0.867. The molecule has 4 nitrogen and oxygen atoms in total. The molecule has 0 fully saturated rings. The van der Waals surface area contributed by atoms with Crippen LogP contribution in [-0.4, -0.2) is 16.1 Å². The Morgan fingerprint density at radius 3 is 2.47 bits per heavy atom. The minimum atomic E-state index is -0.812. The maximum absolute atomic E-state index is 10.5. The minimum absolute atomic E-state index is 0.0633. The molecule has 1 aromatic heterocycles. The number of benzene rings is 1. The Hall–Kier alpha value is -1.88. The summed E-state index contributed by atoms with van der Waals surface area (Å²) in [5, 5.41) is 9.23. The van der Waals surface area contributed by atoms with E-state index >= 15 is 0 Å². The number of carbonyl (C=O) groups is 1. The first-order valence-corrected chi connectivity index (χ1v) is 5.95. The summed E-state index contributed by atoms with van der Waals surface area (Å²) in [7, 11) is 0. The molecular weight excluding hydrogens is 236 g/mol. The van der Waals surface area contributed by atoms with Crippen molar-refractivity contribution in [2.45, 2.75) is 12.8 Å². The molecule has 88 valence electrons. The second kappa shape index (κ2) is 4.97. The molecule has 0 saturated heterocycles. The highest BCUT2D eigenvalue weighted by Crippen LogP contribution is 2.18. The van der Waals surface area contributed by atoms with Crippen molar-refractivity contribution < 1.29 is 9.90 Å². The monoisotopic (exact) mass is 248 g/mol. The largest absolute Gasteiger partial charge is 0.481 e. The zero-order valence-electron chi connectivity index (χ0n) is 9.09. The molecule has 2 aromatic rings. The summed E-state index contributed by atoms with van der Waals surface area (Å²) in [6, 6.07) is 7.56. The number of aromatic nitrogens is 1. The second-order valence-electron chi connectivity index (χ2n) is 3.73. The second-order valence-corrected chi connectivity index (χ2v) is 4.88. The number of hydrogen-bond acceptors (Lipinski definition) is 4. The highest BCUT2D eigenvalue weighted by Gasteiger charge is 2.03. The molecule has 0 radical (unpaired) electrons. The van der Waals surface area contributed by atoms with Gasteiger partial charge in [-0.15, -0.1) is 11.3 Å². The SMILES string of the molecule is Nc1ncc(Cc2ccc(CC(=O)O)cc2)s1. The standard InChI is InChI=1S/C12H12N2O2S/c13-12-14-7-10(17-12)5-8-1-3-9(4-2-8)6-11(15)16/h1-4,7H,5-6H2,(H2,13,14)(H,15,16). The van der Waals surface area contributed by atoms with Crippen LogP contribution in [0.4, 0.5) is 5.13 Å². The lowest BCUT2D eigenvalue weighted by molar-refractivity contribution is -0.136. The van der Waals surface area contributed by atoms with Crippen LogP contribution in [0.25, 0.3) is 0 Å². The Balaban J connectivity index is 2.05. The molecule has 0 aliphatic carbocycles. The predicted molar refractivity (Wildman–Crippen MR) is 67.1 cm³/mol. The van der Waals surface area contributed by atoms with Gasteiger partial charge in [0.2, 0.25) is 0 Å². The van der Waals surface area contributed by atoms with Gasteiger partial charge in [-0.3, -0.25) is 4.79 Å². The van der Waals surface area contributed by atoms with Gasteiger partial charge >= 0.3 is 5.97 Å². The Labute approximate surface area is 103 Å². The summed E-state index contributed by atoms with van der Waals surface area (Å²) >= 11 is 1.47. The molecular formula is C12H12N2O2S. The number of aliphatic carboxylic acids is 1. The lowest BCUT2D eigenvalue weighted by Gasteiger charge is -2.00. The molecule has 3 N–H and O–H groups in total. The number of nitrogens with two attached hydrogens (primary N) is 1. The Morgan fingerprint density at radius 2 is 1.94 bits per heavy atom. The molecule has 1 heterocycles. The lowest BCUT2D eigenvalue weighted by Crippen LogP contribution is -1.99. The molecule has 0 bridgehead atoms. The van der Waals surface area contributed by atoms with Crippen molar-refractivity contribution >= 4 is 22.4 Å². The van der Waals surface area contributed by atoms with Gasteiger partial charge in [0.25, 0.3) is 0 Å². The zero-order valence-corrected chi connectivity index (χ0v) is 9.91. The van der Waals surface area contributed by atoms with Crippen LogP contribution in [0, 0.1) is 0 Å². The van der Waals surface area contributed by atoms with Crippen molar-refractivity contribution in [1.29, 1.82) is 0 Å². The first-order valence-electron chi connectivity index (χ1n) is 5.13. The van der Waals surface area contributed by atoms with E-state index in [1.165, 1.54) is 11.3 Å². The number of nitrogen functional groups attached to an aromatic ring is 1. The number of anilines is 1. The first-order chi connectivity index (χ1) is 8.13. The number of thiazole rings is 1. The third-order valence-corrected chi connectivity index (χ3v) is 3.15. The number of nitrogens with zero attached hydrogens (tertiary/aromatic N) is 1. The van der Waals surface area contributed by atoms with E-state index < -0.39 is 5.97 Å². The molecule has 0 atom stereocenters. The molecule has 0 saturated carbocycles. The molecule has 0 aliphatic heterocycles. The van der Waals surface area contributed by atoms with E-state index in [1.807, 2.05) is 24.3 Å². The van der Waals surface area contributed by atoms with Crippen LogP contribution in [-0.2, 0) is 17.6 Å². The van der Waals surface area contributed by atoms with Crippen molar-refractivity contribution in [3.05, 3.63) is 46.5 Å². The summed E-state index contributed by atoms with van der Waals surface area (Å²) < 4.78 is 0.